The van der Waals surface area contributed by atoms with Crippen molar-refractivity contribution in [2.24, 2.45) is 0 Å². The molecule has 1 saturated carbocycles. The van der Waals surface area contributed by atoms with Crippen LogP contribution in [0.3, 0.4) is 0 Å². The molecule has 0 bridgehead atoms. The van der Waals surface area contributed by atoms with E-state index in [0.29, 0.717) is 0 Å². The summed E-state index contributed by atoms with van der Waals surface area (Å²) in [4.78, 5) is 11.0. The first-order chi connectivity index (χ1) is 8.21. The Bertz CT molecular complexity index is 577. The molecule has 0 aromatic heterocycles. The minimum atomic E-state index is -0.699. The number of carboxylic acids is 1. The zero-order valence-electron chi connectivity index (χ0n) is 9.52. The van der Waals surface area contributed by atoms with E-state index in [-0.39, 0.29) is 11.8 Å². The predicted octanol–water partition coefficient (Wildman–Crippen LogP) is 3.35. The lowest BCUT2D eigenvalue weighted by Gasteiger charge is -2.15. The first-order valence-electron chi connectivity index (χ1n) is 5.91. The molecule has 0 spiro atoms. The molecule has 2 nitrogen and oxygen atoms in total. The molecule has 3 rings (SSSR count). The Balaban J connectivity index is 2.15. The molecule has 2 heteroatoms. The SMILES string of the molecule is O=C(O)CC1(c2cccc3ccccc23)CC1. The van der Waals surface area contributed by atoms with Crippen molar-refractivity contribution in [3.8, 4) is 0 Å². The van der Waals surface area contributed by atoms with Crippen molar-refractivity contribution in [1.82, 2.24) is 0 Å². The fourth-order valence-corrected chi connectivity index (χ4v) is 2.67. The van der Waals surface area contributed by atoms with Gasteiger partial charge < -0.3 is 5.11 Å². The van der Waals surface area contributed by atoms with Crippen LogP contribution in [-0.2, 0) is 10.2 Å². The van der Waals surface area contributed by atoms with Crippen molar-refractivity contribution in [1.29, 1.82) is 0 Å². The quantitative estimate of drug-likeness (QED) is 0.871. The molecule has 0 aliphatic heterocycles. The average molecular weight is 226 g/mol. The fraction of sp³-hybridized carbons (Fsp3) is 0.267. The molecule has 0 saturated heterocycles. The van der Waals surface area contributed by atoms with Crippen LogP contribution in [0.1, 0.15) is 24.8 Å². The molecule has 0 unspecified atom stereocenters. The topological polar surface area (TPSA) is 37.3 Å². The summed E-state index contributed by atoms with van der Waals surface area (Å²) in [5.74, 6) is -0.699. The number of aliphatic carboxylic acids is 1. The van der Waals surface area contributed by atoms with Gasteiger partial charge in [-0.3, -0.25) is 4.79 Å². The molecule has 0 atom stereocenters. The third kappa shape index (κ3) is 1.70. The predicted molar refractivity (Wildman–Crippen MR) is 67.1 cm³/mol. The summed E-state index contributed by atoms with van der Waals surface area (Å²) < 4.78 is 0. The lowest BCUT2D eigenvalue weighted by molar-refractivity contribution is -0.137. The molecule has 1 aliphatic rings. The Morgan fingerprint density at radius 3 is 2.53 bits per heavy atom. The number of fused-ring (bicyclic) bond motifs is 1. The largest absolute Gasteiger partial charge is 0.481 e. The Labute approximate surface area is 99.9 Å². The normalized spacial score (nSPS) is 16.9. The third-order valence-electron chi connectivity index (χ3n) is 3.70. The van der Waals surface area contributed by atoms with Gasteiger partial charge in [0.1, 0.15) is 0 Å². The molecular weight excluding hydrogens is 212 g/mol. The maximum absolute atomic E-state index is 11.0. The Kier molecular flexibility index (Phi) is 2.18. The lowest BCUT2D eigenvalue weighted by Crippen LogP contribution is -2.13. The van der Waals surface area contributed by atoms with Crippen molar-refractivity contribution in [3.63, 3.8) is 0 Å². The molecule has 0 heterocycles. The zero-order valence-corrected chi connectivity index (χ0v) is 9.52. The van der Waals surface area contributed by atoms with Gasteiger partial charge in [-0.2, -0.15) is 0 Å². The summed E-state index contributed by atoms with van der Waals surface area (Å²) in [5.41, 5.74) is 1.10. The highest BCUT2D eigenvalue weighted by molar-refractivity contribution is 5.88. The number of carboxylic acid groups (broad SMARTS) is 1. The average Bonchev–Trinajstić information content (AvgIpc) is 3.08. The highest BCUT2D eigenvalue weighted by atomic mass is 16.4. The number of carbonyl (C=O) groups is 1. The van der Waals surface area contributed by atoms with Gasteiger partial charge in [-0.15, -0.1) is 0 Å². The van der Waals surface area contributed by atoms with Crippen molar-refractivity contribution in [3.05, 3.63) is 48.0 Å². The summed E-state index contributed by atoms with van der Waals surface area (Å²) in [6.45, 7) is 0. The molecule has 2 aromatic rings. The third-order valence-corrected chi connectivity index (χ3v) is 3.70. The smallest absolute Gasteiger partial charge is 0.304 e. The Hall–Kier alpha value is -1.83. The van der Waals surface area contributed by atoms with Crippen LogP contribution in [0.4, 0.5) is 0 Å². The van der Waals surface area contributed by atoms with Crippen LogP contribution >= 0.6 is 0 Å². The second-order valence-corrected chi connectivity index (χ2v) is 4.88. The van der Waals surface area contributed by atoms with Crippen LogP contribution in [0.2, 0.25) is 0 Å². The summed E-state index contributed by atoms with van der Waals surface area (Å²) in [7, 11) is 0. The number of hydrogen-bond acceptors (Lipinski definition) is 1. The summed E-state index contributed by atoms with van der Waals surface area (Å²) in [5, 5.41) is 11.4. The van der Waals surface area contributed by atoms with Crippen LogP contribution in [0.5, 0.6) is 0 Å². The molecule has 1 aliphatic carbocycles. The van der Waals surface area contributed by atoms with Crippen LogP contribution < -0.4 is 0 Å². The number of benzene rings is 2. The Morgan fingerprint density at radius 1 is 1.12 bits per heavy atom. The van der Waals surface area contributed by atoms with Crippen LogP contribution in [0, 0.1) is 0 Å². The standard InChI is InChI=1S/C15H14O2/c16-14(17)10-15(8-9-15)13-7-3-5-11-4-1-2-6-12(11)13/h1-7H,8-10H2,(H,16,17). The van der Waals surface area contributed by atoms with Crippen molar-refractivity contribution >= 4 is 16.7 Å². The maximum Gasteiger partial charge on any atom is 0.304 e. The van der Waals surface area contributed by atoms with E-state index in [2.05, 4.69) is 24.3 Å². The van der Waals surface area contributed by atoms with Gasteiger partial charge in [-0.1, -0.05) is 42.5 Å². The fourth-order valence-electron chi connectivity index (χ4n) is 2.67. The molecular formula is C15H14O2. The van der Waals surface area contributed by atoms with Gasteiger partial charge in [-0.25, -0.2) is 0 Å². The maximum atomic E-state index is 11.0. The summed E-state index contributed by atoms with van der Waals surface area (Å²) in [6.07, 6.45) is 2.24. The summed E-state index contributed by atoms with van der Waals surface area (Å²) in [6, 6.07) is 14.4. The van der Waals surface area contributed by atoms with E-state index in [0.717, 1.165) is 12.8 Å². The number of hydrogen-bond donors (Lipinski definition) is 1. The van der Waals surface area contributed by atoms with E-state index in [1.54, 1.807) is 0 Å². The monoisotopic (exact) mass is 226 g/mol. The van der Waals surface area contributed by atoms with Crippen LogP contribution in [-0.4, -0.2) is 11.1 Å². The van der Waals surface area contributed by atoms with Crippen LogP contribution in [0.25, 0.3) is 10.8 Å². The number of rotatable bonds is 3. The van der Waals surface area contributed by atoms with Crippen molar-refractivity contribution < 1.29 is 9.90 Å². The van der Waals surface area contributed by atoms with Crippen molar-refractivity contribution in [2.45, 2.75) is 24.7 Å². The molecule has 86 valence electrons. The molecule has 17 heavy (non-hydrogen) atoms. The lowest BCUT2D eigenvalue weighted by atomic mass is 9.88. The molecule has 0 radical (unpaired) electrons. The van der Waals surface area contributed by atoms with E-state index < -0.39 is 5.97 Å². The molecule has 1 fully saturated rings. The highest BCUT2D eigenvalue weighted by Gasteiger charge is 2.46. The van der Waals surface area contributed by atoms with Gasteiger partial charge in [-0.05, 0) is 29.2 Å². The van der Waals surface area contributed by atoms with Gasteiger partial charge in [0, 0.05) is 5.41 Å². The van der Waals surface area contributed by atoms with Gasteiger partial charge >= 0.3 is 5.97 Å². The zero-order chi connectivity index (χ0) is 11.9. The van der Waals surface area contributed by atoms with Gasteiger partial charge in [0.25, 0.3) is 0 Å². The second-order valence-electron chi connectivity index (χ2n) is 4.88. The van der Waals surface area contributed by atoms with E-state index >= 15 is 0 Å². The minimum absolute atomic E-state index is 0.104. The van der Waals surface area contributed by atoms with E-state index in [1.165, 1.54) is 16.3 Å². The molecule has 1 N–H and O–H groups in total. The van der Waals surface area contributed by atoms with E-state index in [4.69, 9.17) is 5.11 Å². The van der Waals surface area contributed by atoms with Gasteiger partial charge in [0.15, 0.2) is 0 Å². The molecule has 0 amide bonds. The molecule has 2 aromatic carbocycles. The van der Waals surface area contributed by atoms with Crippen molar-refractivity contribution in [2.75, 3.05) is 0 Å². The highest BCUT2D eigenvalue weighted by Crippen LogP contribution is 2.52. The first-order valence-corrected chi connectivity index (χ1v) is 5.91. The summed E-state index contributed by atoms with van der Waals surface area (Å²) >= 11 is 0. The van der Waals surface area contributed by atoms with Gasteiger partial charge in [0.2, 0.25) is 0 Å². The second kappa shape index (κ2) is 3.59. The first kappa shape index (κ1) is 10.3. The van der Waals surface area contributed by atoms with E-state index in [1.807, 2.05) is 18.2 Å². The van der Waals surface area contributed by atoms with E-state index in [9.17, 15) is 4.79 Å². The Morgan fingerprint density at radius 2 is 1.82 bits per heavy atom. The van der Waals surface area contributed by atoms with Gasteiger partial charge in [0.05, 0.1) is 6.42 Å². The minimum Gasteiger partial charge on any atom is -0.481 e. The van der Waals surface area contributed by atoms with Crippen LogP contribution in [0.15, 0.2) is 42.5 Å².